The number of carbonyl (C=O) groups is 1. The van der Waals surface area contributed by atoms with Crippen LogP contribution in [0.1, 0.15) is 41.9 Å². The first kappa shape index (κ1) is 9.26. The Morgan fingerprint density at radius 1 is 1.58 bits per heavy atom. The fraction of sp³-hybridized carbons (Fsp3) is 0.444. The first-order valence-electron chi connectivity index (χ1n) is 3.92. The number of nitrogens with two attached hydrogens (primary N) is 1. The van der Waals surface area contributed by atoms with E-state index in [0.717, 1.165) is 0 Å². The van der Waals surface area contributed by atoms with Gasteiger partial charge in [0.05, 0.1) is 10.6 Å². The van der Waals surface area contributed by atoms with Crippen LogP contribution >= 0.6 is 11.3 Å². The third-order valence-electron chi connectivity index (χ3n) is 1.73. The molecule has 1 aromatic heterocycles. The van der Waals surface area contributed by atoms with Crippen molar-refractivity contribution in [3.8, 4) is 0 Å². The van der Waals surface area contributed by atoms with E-state index in [9.17, 15) is 4.79 Å². The Labute approximate surface area is 76.4 Å². The maximum Gasteiger partial charge on any atom is 0.162 e. The SMILES string of the molecule is CC(=O)c1cc(C(C)C)sc1N. The van der Waals surface area contributed by atoms with E-state index in [4.69, 9.17) is 5.73 Å². The molecule has 66 valence electrons. The second-order valence-corrected chi connectivity index (χ2v) is 4.25. The van der Waals surface area contributed by atoms with Crippen LogP contribution < -0.4 is 5.73 Å². The van der Waals surface area contributed by atoms with Crippen molar-refractivity contribution in [2.24, 2.45) is 0 Å². The molecule has 0 aliphatic rings. The van der Waals surface area contributed by atoms with Gasteiger partial charge in [-0.3, -0.25) is 4.79 Å². The van der Waals surface area contributed by atoms with Gasteiger partial charge in [-0.2, -0.15) is 0 Å². The van der Waals surface area contributed by atoms with Crippen LogP contribution in [0.2, 0.25) is 0 Å². The lowest BCUT2D eigenvalue weighted by Crippen LogP contribution is -1.93. The molecule has 0 aromatic carbocycles. The average Bonchev–Trinajstić information content (AvgIpc) is 2.30. The molecule has 1 rings (SSSR count). The molecule has 1 heterocycles. The van der Waals surface area contributed by atoms with Crippen molar-refractivity contribution in [2.45, 2.75) is 26.7 Å². The van der Waals surface area contributed by atoms with E-state index in [1.807, 2.05) is 6.07 Å². The molecule has 12 heavy (non-hydrogen) atoms. The van der Waals surface area contributed by atoms with Gasteiger partial charge < -0.3 is 5.73 Å². The molecule has 1 aromatic rings. The molecule has 0 atom stereocenters. The van der Waals surface area contributed by atoms with Gasteiger partial charge in [-0.05, 0) is 18.9 Å². The van der Waals surface area contributed by atoms with E-state index < -0.39 is 0 Å². The van der Waals surface area contributed by atoms with Crippen molar-refractivity contribution < 1.29 is 4.79 Å². The number of nitrogen functional groups attached to an aromatic ring is 1. The van der Waals surface area contributed by atoms with Crippen molar-refractivity contribution in [3.63, 3.8) is 0 Å². The Kier molecular flexibility index (Phi) is 2.52. The van der Waals surface area contributed by atoms with Gasteiger partial charge in [0.25, 0.3) is 0 Å². The molecule has 0 fully saturated rings. The molecule has 0 saturated carbocycles. The van der Waals surface area contributed by atoms with Gasteiger partial charge in [0.1, 0.15) is 0 Å². The summed E-state index contributed by atoms with van der Waals surface area (Å²) >= 11 is 1.51. The summed E-state index contributed by atoms with van der Waals surface area (Å²) in [6.07, 6.45) is 0. The number of anilines is 1. The molecule has 0 unspecified atom stereocenters. The molecule has 0 aliphatic heterocycles. The highest BCUT2D eigenvalue weighted by Crippen LogP contribution is 2.30. The molecule has 0 radical (unpaired) electrons. The molecule has 0 aliphatic carbocycles. The summed E-state index contributed by atoms with van der Waals surface area (Å²) in [5.41, 5.74) is 6.35. The van der Waals surface area contributed by atoms with Crippen LogP contribution in [0.25, 0.3) is 0 Å². The van der Waals surface area contributed by atoms with Gasteiger partial charge in [0.2, 0.25) is 0 Å². The van der Waals surface area contributed by atoms with Crippen LogP contribution in [0.4, 0.5) is 5.00 Å². The number of ketones is 1. The van der Waals surface area contributed by atoms with Crippen molar-refractivity contribution in [1.82, 2.24) is 0 Å². The van der Waals surface area contributed by atoms with E-state index in [1.165, 1.54) is 16.2 Å². The zero-order valence-corrected chi connectivity index (χ0v) is 8.37. The normalized spacial score (nSPS) is 10.7. The molecule has 2 N–H and O–H groups in total. The molecule has 0 saturated heterocycles. The molecule has 0 amide bonds. The van der Waals surface area contributed by atoms with Gasteiger partial charge >= 0.3 is 0 Å². The third kappa shape index (κ3) is 1.67. The van der Waals surface area contributed by atoms with Gasteiger partial charge in [-0.1, -0.05) is 13.8 Å². The van der Waals surface area contributed by atoms with Crippen LogP contribution in [0, 0.1) is 0 Å². The number of carbonyl (C=O) groups excluding carboxylic acids is 1. The van der Waals surface area contributed by atoms with E-state index >= 15 is 0 Å². The van der Waals surface area contributed by atoms with Crippen LogP contribution in [-0.4, -0.2) is 5.78 Å². The van der Waals surface area contributed by atoms with E-state index in [-0.39, 0.29) is 5.78 Å². The van der Waals surface area contributed by atoms with Crippen LogP contribution in [0.3, 0.4) is 0 Å². The van der Waals surface area contributed by atoms with Crippen molar-refractivity contribution >= 4 is 22.1 Å². The van der Waals surface area contributed by atoms with Crippen LogP contribution in [0.15, 0.2) is 6.07 Å². The van der Waals surface area contributed by atoms with Crippen molar-refractivity contribution in [2.75, 3.05) is 5.73 Å². The number of Topliss-reactive ketones (excluding diaryl/α,β-unsaturated/α-hetero) is 1. The summed E-state index contributed by atoms with van der Waals surface area (Å²) < 4.78 is 0. The maximum atomic E-state index is 11.0. The maximum absolute atomic E-state index is 11.0. The lowest BCUT2D eigenvalue weighted by molar-refractivity contribution is 0.101. The Morgan fingerprint density at radius 2 is 2.17 bits per heavy atom. The molecule has 2 nitrogen and oxygen atoms in total. The predicted molar refractivity (Wildman–Crippen MR) is 52.8 cm³/mol. The molecule has 3 heteroatoms. The predicted octanol–water partition coefficient (Wildman–Crippen LogP) is 2.66. The summed E-state index contributed by atoms with van der Waals surface area (Å²) in [5, 5.41) is 0.645. The summed E-state index contributed by atoms with van der Waals surface area (Å²) in [4.78, 5) is 12.2. The van der Waals surface area contributed by atoms with Crippen LogP contribution in [0.5, 0.6) is 0 Å². The van der Waals surface area contributed by atoms with Gasteiger partial charge in [-0.15, -0.1) is 11.3 Å². The van der Waals surface area contributed by atoms with Gasteiger partial charge in [0.15, 0.2) is 5.78 Å². The monoisotopic (exact) mass is 183 g/mol. The minimum atomic E-state index is 0.0515. The standard InChI is InChI=1S/C9H13NOS/c1-5(2)8-4-7(6(3)11)9(10)12-8/h4-5H,10H2,1-3H3. The molecule has 0 spiro atoms. The topological polar surface area (TPSA) is 43.1 Å². The van der Waals surface area contributed by atoms with Crippen LogP contribution in [-0.2, 0) is 0 Å². The Bertz CT molecular complexity index is 301. The summed E-state index contributed by atoms with van der Waals surface area (Å²) in [6.45, 7) is 5.73. The highest BCUT2D eigenvalue weighted by Gasteiger charge is 2.11. The van der Waals surface area contributed by atoms with Crippen molar-refractivity contribution in [1.29, 1.82) is 0 Å². The zero-order valence-electron chi connectivity index (χ0n) is 7.55. The number of rotatable bonds is 2. The lowest BCUT2D eigenvalue weighted by atomic mass is 10.1. The molecular formula is C9H13NOS. The summed E-state index contributed by atoms with van der Waals surface area (Å²) in [7, 11) is 0. The Morgan fingerprint density at radius 3 is 2.42 bits per heavy atom. The third-order valence-corrected chi connectivity index (χ3v) is 2.99. The number of hydrogen-bond acceptors (Lipinski definition) is 3. The smallest absolute Gasteiger partial charge is 0.162 e. The number of thiophene rings is 1. The second-order valence-electron chi connectivity index (χ2n) is 3.14. The van der Waals surface area contributed by atoms with E-state index in [0.29, 0.717) is 16.5 Å². The minimum absolute atomic E-state index is 0.0515. The second kappa shape index (κ2) is 3.27. The summed E-state index contributed by atoms with van der Waals surface area (Å²) in [5.74, 6) is 0.501. The Balaban J connectivity index is 3.09. The first-order chi connectivity index (χ1) is 5.52. The molecule has 0 bridgehead atoms. The van der Waals surface area contributed by atoms with E-state index in [2.05, 4.69) is 13.8 Å². The van der Waals surface area contributed by atoms with E-state index in [1.54, 1.807) is 6.92 Å². The fourth-order valence-corrected chi connectivity index (χ4v) is 1.96. The highest BCUT2D eigenvalue weighted by molar-refractivity contribution is 7.16. The van der Waals surface area contributed by atoms with Crippen molar-refractivity contribution in [3.05, 3.63) is 16.5 Å². The van der Waals surface area contributed by atoms with Gasteiger partial charge in [-0.25, -0.2) is 0 Å². The number of hydrogen-bond donors (Lipinski definition) is 1. The molecular weight excluding hydrogens is 170 g/mol. The zero-order chi connectivity index (χ0) is 9.30. The Hall–Kier alpha value is -0.830. The van der Waals surface area contributed by atoms with Gasteiger partial charge in [0, 0.05) is 4.88 Å². The quantitative estimate of drug-likeness (QED) is 0.716. The summed E-state index contributed by atoms with van der Waals surface area (Å²) in [6, 6.07) is 1.90. The minimum Gasteiger partial charge on any atom is -0.390 e. The lowest BCUT2D eigenvalue weighted by Gasteiger charge is -1.96. The highest BCUT2D eigenvalue weighted by atomic mass is 32.1. The first-order valence-corrected chi connectivity index (χ1v) is 4.74. The largest absolute Gasteiger partial charge is 0.390 e. The fourth-order valence-electron chi connectivity index (χ4n) is 0.984. The average molecular weight is 183 g/mol.